The van der Waals surface area contributed by atoms with E-state index in [4.69, 9.17) is 0 Å². The third-order valence-corrected chi connectivity index (χ3v) is 6.58. The minimum Gasteiger partial charge on any atom is -0.103 e. The quantitative estimate of drug-likeness (QED) is 0.376. The molecule has 0 atom stereocenters. The third-order valence-electron chi connectivity index (χ3n) is 6.58. The summed E-state index contributed by atoms with van der Waals surface area (Å²) < 4.78 is 0. The molecule has 4 rings (SSSR count). The first kappa shape index (κ1) is 19.7. The Labute approximate surface area is 176 Å². The first-order valence-electron chi connectivity index (χ1n) is 11.1. The van der Waals surface area contributed by atoms with Gasteiger partial charge in [-0.1, -0.05) is 66.8 Å². The molecule has 1 fully saturated rings. The molecule has 0 radical (unpaired) electrons. The van der Waals surface area contributed by atoms with Gasteiger partial charge in [-0.2, -0.15) is 0 Å². The maximum Gasteiger partial charge on any atom is -0.0177 e. The second-order valence-corrected chi connectivity index (χ2v) is 8.57. The van der Waals surface area contributed by atoms with Gasteiger partial charge in [0.25, 0.3) is 0 Å². The standard InChI is InChI=1S/C29H32/c1-3-5-25-14-17-29-21-28(19-18-27(29)20-25)26-15-12-24(13-16-26)11-10-23-8-6-22(4-2)7-9-23/h3-5,12-23H,2,6-11H2,1H3/b5-3+. The van der Waals surface area contributed by atoms with Crippen LogP contribution in [0.5, 0.6) is 0 Å². The number of hydrogen-bond acceptors (Lipinski definition) is 0. The number of hydrogen-bond donors (Lipinski definition) is 0. The fourth-order valence-corrected chi connectivity index (χ4v) is 4.69. The zero-order valence-corrected chi connectivity index (χ0v) is 17.6. The Morgan fingerprint density at radius 1 is 0.828 bits per heavy atom. The van der Waals surface area contributed by atoms with Crippen LogP contribution in [0.15, 0.2) is 79.4 Å². The number of fused-ring (bicyclic) bond motifs is 1. The van der Waals surface area contributed by atoms with Crippen LogP contribution >= 0.6 is 0 Å². The smallest absolute Gasteiger partial charge is 0.0177 e. The lowest BCUT2D eigenvalue weighted by Crippen LogP contribution is -2.13. The van der Waals surface area contributed by atoms with Crippen LogP contribution in [0.4, 0.5) is 0 Å². The van der Waals surface area contributed by atoms with E-state index in [1.807, 2.05) is 0 Å². The van der Waals surface area contributed by atoms with E-state index in [1.165, 1.54) is 71.6 Å². The second-order valence-electron chi connectivity index (χ2n) is 8.57. The van der Waals surface area contributed by atoms with Gasteiger partial charge in [-0.05, 0) is 102 Å². The Morgan fingerprint density at radius 2 is 1.52 bits per heavy atom. The van der Waals surface area contributed by atoms with E-state index in [1.54, 1.807) is 0 Å². The van der Waals surface area contributed by atoms with Crippen molar-refractivity contribution in [3.8, 4) is 11.1 Å². The average Bonchev–Trinajstić information content (AvgIpc) is 2.78. The van der Waals surface area contributed by atoms with Crippen LogP contribution in [0.2, 0.25) is 0 Å². The van der Waals surface area contributed by atoms with Gasteiger partial charge >= 0.3 is 0 Å². The molecule has 3 aromatic rings. The Kier molecular flexibility index (Phi) is 6.30. The molecule has 0 nitrogen and oxygen atoms in total. The van der Waals surface area contributed by atoms with Crippen molar-refractivity contribution < 1.29 is 0 Å². The first-order valence-corrected chi connectivity index (χ1v) is 11.1. The lowest BCUT2D eigenvalue weighted by molar-refractivity contribution is 0.296. The Bertz CT molecular complexity index is 982. The summed E-state index contributed by atoms with van der Waals surface area (Å²) >= 11 is 0. The maximum absolute atomic E-state index is 3.96. The van der Waals surface area contributed by atoms with E-state index in [0.717, 1.165) is 11.8 Å². The van der Waals surface area contributed by atoms with Crippen molar-refractivity contribution in [1.82, 2.24) is 0 Å². The molecule has 0 heteroatoms. The van der Waals surface area contributed by atoms with Crippen molar-refractivity contribution in [1.29, 1.82) is 0 Å². The first-order chi connectivity index (χ1) is 14.2. The van der Waals surface area contributed by atoms with Crippen LogP contribution in [-0.2, 0) is 6.42 Å². The Balaban J connectivity index is 1.41. The molecule has 3 aromatic carbocycles. The molecule has 0 amide bonds. The zero-order chi connectivity index (χ0) is 20.1. The van der Waals surface area contributed by atoms with Crippen molar-refractivity contribution >= 4 is 16.8 Å². The van der Waals surface area contributed by atoms with Crippen LogP contribution in [0.3, 0.4) is 0 Å². The minimum absolute atomic E-state index is 0.766. The highest BCUT2D eigenvalue weighted by Gasteiger charge is 2.18. The number of aryl methyl sites for hydroxylation is 1. The monoisotopic (exact) mass is 380 g/mol. The summed E-state index contributed by atoms with van der Waals surface area (Å²) in [4.78, 5) is 0. The molecule has 29 heavy (non-hydrogen) atoms. The summed E-state index contributed by atoms with van der Waals surface area (Å²) in [6.07, 6.45) is 14.4. The van der Waals surface area contributed by atoms with E-state index in [0.29, 0.717) is 0 Å². The van der Waals surface area contributed by atoms with Gasteiger partial charge in [0.2, 0.25) is 0 Å². The molecular weight excluding hydrogens is 348 g/mol. The summed E-state index contributed by atoms with van der Waals surface area (Å²) in [5.74, 6) is 1.67. The van der Waals surface area contributed by atoms with E-state index >= 15 is 0 Å². The highest BCUT2D eigenvalue weighted by Crippen LogP contribution is 2.32. The molecular formula is C29H32. The van der Waals surface area contributed by atoms with Gasteiger partial charge in [0, 0.05) is 0 Å². The van der Waals surface area contributed by atoms with Gasteiger partial charge < -0.3 is 0 Å². The minimum atomic E-state index is 0.766. The van der Waals surface area contributed by atoms with Crippen molar-refractivity contribution in [2.75, 3.05) is 0 Å². The maximum atomic E-state index is 3.96. The van der Waals surface area contributed by atoms with Gasteiger partial charge in [0.1, 0.15) is 0 Å². The lowest BCUT2D eigenvalue weighted by Gasteiger charge is -2.26. The molecule has 0 N–H and O–H groups in total. The molecule has 1 aliphatic rings. The molecule has 148 valence electrons. The molecule has 0 aromatic heterocycles. The predicted molar refractivity (Wildman–Crippen MR) is 128 cm³/mol. The van der Waals surface area contributed by atoms with E-state index in [9.17, 15) is 0 Å². The van der Waals surface area contributed by atoms with Crippen LogP contribution in [0.25, 0.3) is 28.0 Å². The van der Waals surface area contributed by atoms with Crippen molar-refractivity contribution in [2.45, 2.75) is 45.4 Å². The van der Waals surface area contributed by atoms with Gasteiger partial charge in [0.05, 0.1) is 0 Å². The Morgan fingerprint density at radius 3 is 2.24 bits per heavy atom. The number of rotatable bonds is 6. The summed E-state index contributed by atoms with van der Waals surface area (Å²) in [7, 11) is 0. The van der Waals surface area contributed by atoms with Gasteiger partial charge in [-0.15, -0.1) is 6.58 Å². The van der Waals surface area contributed by atoms with Crippen LogP contribution < -0.4 is 0 Å². The van der Waals surface area contributed by atoms with Crippen molar-refractivity contribution in [2.24, 2.45) is 11.8 Å². The lowest BCUT2D eigenvalue weighted by atomic mass is 9.79. The van der Waals surface area contributed by atoms with E-state index < -0.39 is 0 Å². The van der Waals surface area contributed by atoms with Gasteiger partial charge in [-0.3, -0.25) is 0 Å². The normalized spacial score (nSPS) is 19.6. The molecule has 0 heterocycles. The molecule has 0 aliphatic heterocycles. The molecule has 0 unspecified atom stereocenters. The van der Waals surface area contributed by atoms with Crippen molar-refractivity contribution in [3.05, 3.63) is 90.5 Å². The van der Waals surface area contributed by atoms with Gasteiger partial charge in [0.15, 0.2) is 0 Å². The Hall–Kier alpha value is -2.60. The third kappa shape index (κ3) is 4.88. The summed E-state index contributed by atoms with van der Waals surface area (Å²) in [5.41, 5.74) is 5.33. The predicted octanol–water partition coefficient (Wildman–Crippen LogP) is 8.46. The van der Waals surface area contributed by atoms with Crippen LogP contribution in [0.1, 0.15) is 50.2 Å². The SMILES string of the molecule is C=CC1CCC(CCc2ccc(-c3ccc4cc(/C=C/C)ccc4c3)cc2)CC1. The van der Waals surface area contributed by atoms with Crippen LogP contribution in [0, 0.1) is 11.8 Å². The highest BCUT2D eigenvalue weighted by molar-refractivity contribution is 5.89. The average molecular weight is 381 g/mol. The highest BCUT2D eigenvalue weighted by atomic mass is 14.2. The molecule has 1 aliphatic carbocycles. The number of allylic oxidation sites excluding steroid dienone is 2. The van der Waals surface area contributed by atoms with Crippen LogP contribution in [-0.4, -0.2) is 0 Å². The summed E-state index contributed by atoms with van der Waals surface area (Å²) in [6, 6.07) is 22.7. The molecule has 0 saturated heterocycles. The zero-order valence-electron chi connectivity index (χ0n) is 17.6. The fourth-order valence-electron chi connectivity index (χ4n) is 4.69. The summed E-state index contributed by atoms with van der Waals surface area (Å²) in [6.45, 7) is 6.02. The summed E-state index contributed by atoms with van der Waals surface area (Å²) in [5, 5.41) is 2.60. The van der Waals surface area contributed by atoms with Gasteiger partial charge in [-0.25, -0.2) is 0 Å². The van der Waals surface area contributed by atoms with E-state index in [2.05, 4.69) is 92.4 Å². The van der Waals surface area contributed by atoms with Crippen molar-refractivity contribution in [3.63, 3.8) is 0 Å². The molecule has 0 bridgehead atoms. The number of benzene rings is 3. The molecule has 0 spiro atoms. The topological polar surface area (TPSA) is 0 Å². The second kappa shape index (κ2) is 9.27. The fraction of sp³-hybridized carbons (Fsp3) is 0.310. The molecule has 1 saturated carbocycles. The van der Waals surface area contributed by atoms with E-state index in [-0.39, 0.29) is 0 Å². The largest absolute Gasteiger partial charge is 0.103 e.